The zero-order chi connectivity index (χ0) is 24.8. The van der Waals surface area contributed by atoms with Gasteiger partial charge in [0.2, 0.25) is 6.33 Å². The number of halogens is 4. The van der Waals surface area contributed by atoms with Gasteiger partial charge in [0.15, 0.2) is 0 Å². The molecule has 0 N–H and O–H groups in total. The zero-order valence-corrected chi connectivity index (χ0v) is 22.2. The molecule has 4 rings (SSSR count). The normalized spacial score (nSPS) is 12.0. The largest absolute Gasteiger partial charge is 0.489 e. The van der Waals surface area contributed by atoms with Crippen LogP contribution in [0.3, 0.4) is 0 Å². The lowest BCUT2D eigenvalue weighted by molar-refractivity contribution is -0.704. The topological polar surface area (TPSA) is 27.3 Å². The molecule has 0 saturated heterocycles. The Morgan fingerprint density at radius 2 is 1.66 bits per heavy atom. The van der Waals surface area contributed by atoms with Crippen LogP contribution in [-0.4, -0.2) is 11.2 Å². The van der Waals surface area contributed by atoms with E-state index in [-0.39, 0.29) is 6.10 Å². The quantitative estimate of drug-likeness (QED) is 0.189. The second-order valence-electron chi connectivity index (χ2n) is 8.16. The van der Waals surface area contributed by atoms with Crippen LogP contribution in [0.1, 0.15) is 22.8 Å². The maximum atomic E-state index is 6.53. The standard InChI is InChI=1S/C27H25Cl4N2O2/c1-19-4-2-3-5-26(19)34-13-12-32-10-11-33(18-32)16-27(23-9-8-22(29)15-25(23)31)35-17-20-6-7-21(28)14-24(20)30/h2-11,14-15,18,27H,12-13,16-17H2,1H3/q+1. The third-order valence-electron chi connectivity index (χ3n) is 5.59. The zero-order valence-electron chi connectivity index (χ0n) is 19.1. The van der Waals surface area contributed by atoms with E-state index in [2.05, 4.69) is 9.13 Å². The Kier molecular flexibility index (Phi) is 8.99. The second kappa shape index (κ2) is 12.2. The molecule has 0 fully saturated rings. The molecule has 8 heteroatoms. The summed E-state index contributed by atoms with van der Waals surface area (Å²) in [6, 6.07) is 18.8. The summed E-state index contributed by atoms with van der Waals surface area (Å²) in [7, 11) is 0. The fourth-order valence-electron chi connectivity index (χ4n) is 3.68. The molecule has 1 heterocycles. The van der Waals surface area contributed by atoms with Crippen molar-refractivity contribution in [3.8, 4) is 5.75 Å². The molecule has 0 aliphatic rings. The minimum atomic E-state index is -0.324. The smallest absolute Gasteiger partial charge is 0.243 e. The molecule has 0 saturated carbocycles. The maximum Gasteiger partial charge on any atom is 0.243 e. The van der Waals surface area contributed by atoms with E-state index in [0.29, 0.717) is 39.8 Å². The summed E-state index contributed by atoms with van der Waals surface area (Å²) in [6.45, 7) is 4.19. The summed E-state index contributed by atoms with van der Waals surface area (Å²) < 4.78 is 16.4. The molecule has 4 nitrogen and oxygen atoms in total. The summed E-state index contributed by atoms with van der Waals surface area (Å²) in [5.74, 6) is 0.902. The lowest BCUT2D eigenvalue weighted by Gasteiger charge is -2.19. The Morgan fingerprint density at radius 3 is 2.40 bits per heavy atom. The highest BCUT2D eigenvalue weighted by Gasteiger charge is 2.20. The van der Waals surface area contributed by atoms with E-state index in [1.165, 1.54) is 0 Å². The molecule has 1 atom stereocenters. The maximum absolute atomic E-state index is 6.53. The van der Waals surface area contributed by atoms with Gasteiger partial charge in [0.05, 0.1) is 6.61 Å². The lowest BCUT2D eigenvalue weighted by atomic mass is 10.1. The molecule has 35 heavy (non-hydrogen) atoms. The molecule has 0 radical (unpaired) electrons. The van der Waals surface area contributed by atoms with Crippen molar-refractivity contribution in [1.29, 1.82) is 0 Å². The molecule has 3 aromatic carbocycles. The van der Waals surface area contributed by atoms with Crippen LogP contribution in [0.15, 0.2) is 79.4 Å². The summed E-state index contributed by atoms with van der Waals surface area (Å²) in [4.78, 5) is 0. The van der Waals surface area contributed by atoms with Gasteiger partial charge in [-0.25, -0.2) is 9.13 Å². The van der Waals surface area contributed by atoms with Crippen LogP contribution in [0.25, 0.3) is 0 Å². The molecule has 0 spiro atoms. The number of nitrogens with zero attached hydrogens (tertiary/aromatic N) is 2. The third-order valence-corrected chi connectivity index (χ3v) is 6.74. The Morgan fingerprint density at radius 1 is 0.914 bits per heavy atom. The van der Waals surface area contributed by atoms with Gasteiger partial charge in [-0.3, -0.25) is 0 Å². The average Bonchev–Trinajstić information content (AvgIpc) is 3.26. The number of imidazole rings is 1. The van der Waals surface area contributed by atoms with Crippen LogP contribution < -0.4 is 9.30 Å². The summed E-state index contributed by atoms with van der Waals surface area (Å²) in [5, 5.41) is 2.27. The first-order valence-corrected chi connectivity index (χ1v) is 12.6. The molecule has 0 amide bonds. The van der Waals surface area contributed by atoms with Gasteiger partial charge in [0, 0.05) is 25.7 Å². The van der Waals surface area contributed by atoms with E-state index in [9.17, 15) is 0 Å². The predicted octanol–water partition coefficient (Wildman–Crippen LogP) is 7.73. The number of rotatable bonds is 10. The number of hydrogen-bond donors (Lipinski definition) is 0. The van der Waals surface area contributed by atoms with Crippen LogP contribution in [0.4, 0.5) is 0 Å². The Balaban J connectivity index is 1.44. The number of aromatic nitrogens is 2. The minimum Gasteiger partial charge on any atom is -0.489 e. The molecule has 4 aromatic rings. The third kappa shape index (κ3) is 7.16. The number of aryl methyl sites for hydroxylation is 1. The van der Waals surface area contributed by atoms with Gasteiger partial charge in [0.25, 0.3) is 0 Å². The summed E-state index contributed by atoms with van der Waals surface area (Å²) >= 11 is 25.0. The Bertz CT molecular complexity index is 1290. The van der Waals surface area contributed by atoms with E-state index >= 15 is 0 Å². The average molecular weight is 551 g/mol. The van der Waals surface area contributed by atoms with Crippen LogP contribution >= 0.6 is 46.4 Å². The number of benzene rings is 3. The highest BCUT2D eigenvalue weighted by atomic mass is 35.5. The number of hydrogen-bond acceptors (Lipinski definition) is 2. The fourth-order valence-corrected chi connectivity index (χ4v) is 4.68. The van der Waals surface area contributed by atoms with Gasteiger partial charge in [-0.05, 0) is 48.4 Å². The Labute approximate surface area is 225 Å². The van der Waals surface area contributed by atoms with Crippen molar-refractivity contribution in [2.75, 3.05) is 6.61 Å². The molecule has 1 unspecified atom stereocenters. The first kappa shape index (κ1) is 25.9. The molecule has 0 aliphatic heterocycles. The molecule has 0 aliphatic carbocycles. The van der Waals surface area contributed by atoms with E-state index in [1.54, 1.807) is 18.2 Å². The van der Waals surface area contributed by atoms with Crippen molar-refractivity contribution in [3.63, 3.8) is 0 Å². The van der Waals surface area contributed by atoms with Gasteiger partial charge in [-0.15, -0.1) is 0 Å². The number of para-hydroxylation sites is 1. The van der Waals surface area contributed by atoms with Crippen LogP contribution in [-0.2, 0) is 24.4 Å². The highest BCUT2D eigenvalue weighted by molar-refractivity contribution is 6.35. The van der Waals surface area contributed by atoms with E-state index in [0.717, 1.165) is 29.0 Å². The number of ether oxygens (including phenoxy) is 2. The van der Waals surface area contributed by atoms with Gasteiger partial charge in [-0.2, -0.15) is 0 Å². The molecule has 0 bridgehead atoms. The fraction of sp³-hybridized carbons (Fsp3) is 0.222. The molecular weight excluding hydrogens is 526 g/mol. The first-order chi connectivity index (χ1) is 16.9. The predicted molar refractivity (Wildman–Crippen MR) is 142 cm³/mol. The van der Waals surface area contributed by atoms with Crippen molar-refractivity contribution in [2.45, 2.75) is 32.7 Å². The highest BCUT2D eigenvalue weighted by Crippen LogP contribution is 2.31. The van der Waals surface area contributed by atoms with Gasteiger partial charge < -0.3 is 9.47 Å². The van der Waals surface area contributed by atoms with Crippen LogP contribution in [0.2, 0.25) is 20.1 Å². The molecular formula is C27H25Cl4N2O2+. The monoisotopic (exact) mass is 549 g/mol. The van der Waals surface area contributed by atoms with Crippen molar-refractivity contribution in [2.24, 2.45) is 0 Å². The van der Waals surface area contributed by atoms with E-state index < -0.39 is 0 Å². The summed E-state index contributed by atoms with van der Waals surface area (Å²) in [6.07, 6.45) is 5.72. The molecule has 1 aromatic heterocycles. The molecule has 182 valence electrons. The van der Waals surface area contributed by atoms with Gasteiger partial charge >= 0.3 is 0 Å². The first-order valence-electron chi connectivity index (χ1n) is 11.1. The Hall–Kier alpha value is -2.21. The second-order valence-corrected chi connectivity index (χ2v) is 9.85. The van der Waals surface area contributed by atoms with E-state index in [4.69, 9.17) is 55.9 Å². The van der Waals surface area contributed by atoms with Crippen LogP contribution in [0, 0.1) is 6.92 Å². The lowest BCUT2D eigenvalue weighted by Crippen LogP contribution is -2.35. The van der Waals surface area contributed by atoms with E-state index in [1.807, 2.05) is 68.1 Å². The van der Waals surface area contributed by atoms with Crippen molar-refractivity contribution >= 4 is 46.4 Å². The van der Waals surface area contributed by atoms with Gasteiger partial charge in [-0.1, -0.05) is 76.7 Å². The SMILES string of the molecule is Cc1ccccc1OCCn1cc[n+](CC(OCc2ccc(Cl)cc2Cl)c2ccc(Cl)cc2Cl)c1. The minimum absolute atomic E-state index is 0.311. The van der Waals surface area contributed by atoms with Gasteiger partial charge in [0.1, 0.15) is 43.9 Å². The van der Waals surface area contributed by atoms with Crippen molar-refractivity contribution < 1.29 is 14.0 Å². The van der Waals surface area contributed by atoms with Crippen molar-refractivity contribution in [1.82, 2.24) is 4.57 Å². The van der Waals surface area contributed by atoms with Crippen LogP contribution in [0.5, 0.6) is 5.75 Å². The summed E-state index contributed by atoms with van der Waals surface area (Å²) in [5.41, 5.74) is 2.82. The van der Waals surface area contributed by atoms with Crippen molar-refractivity contribution in [3.05, 3.63) is 116 Å².